The fraction of sp³-hybridized carbons (Fsp3) is 0.0423. The standard InChI is InChI=1S/C71H48/c1-71(2)67-23-13-12-22-61(67)62-37-33-55(44-68(62)71)48-26-24-47(25-27-48)54-32-35-59-60-36-34-56(64-41-53-21-11-10-20-52(53)40-63(64)49-16-4-3-5-17-49)43-66(60)70(58-31-29-46-15-7-9-19-51(46)39-58)69(65(59)42-54)57-30-28-45-14-6-8-18-50(45)38-57/h3-44H,1-2H3. The van der Waals surface area contributed by atoms with Crippen molar-refractivity contribution < 1.29 is 0 Å². The Morgan fingerprint density at radius 1 is 0.211 bits per heavy atom. The molecule has 0 nitrogen and oxygen atoms in total. The van der Waals surface area contributed by atoms with Gasteiger partial charge in [0.05, 0.1) is 0 Å². The van der Waals surface area contributed by atoms with Gasteiger partial charge in [0, 0.05) is 5.41 Å². The van der Waals surface area contributed by atoms with E-state index in [2.05, 4.69) is 269 Å². The smallest absolute Gasteiger partial charge is 0.0159 e. The Balaban J connectivity index is 1.00. The zero-order valence-corrected chi connectivity index (χ0v) is 39.7. The lowest BCUT2D eigenvalue weighted by molar-refractivity contribution is 0.660. The Hall–Kier alpha value is -8.84. The SMILES string of the molecule is CC1(C)c2ccccc2-c2ccc(-c3ccc(-c4ccc5c(c4)c(-c4ccc6ccccc6c4)c(-c4ccc6ccccc6c4)c4cc(-c6cc7ccccc7cc6-c6ccccc6)ccc45)cc3)cc21. The monoisotopic (exact) mass is 900 g/mol. The fourth-order valence-electron chi connectivity index (χ4n) is 12.0. The van der Waals surface area contributed by atoms with Gasteiger partial charge in [0.15, 0.2) is 0 Å². The molecule has 1 aliphatic rings. The van der Waals surface area contributed by atoms with Gasteiger partial charge in [-0.05, 0) is 185 Å². The molecule has 0 aromatic heterocycles. The number of benzene rings is 13. The quantitative estimate of drug-likeness (QED) is 0.146. The number of hydrogen-bond acceptors (Lipinski definition) is 0. The highest BCUT2D eigenvalue weighted by Crippen LogP contribution is 2.51. The zero-order valence-electron chi connectivity index (χ0n) is 39.7. The third-order valence-corrected chi connectivity index (χ3v) is 15.6. The summed E-state index contributed by atoms with van der Waals surface area (Å²) in [6.07, 6.45) is 0. The number of rotatable bonds is 6. The van der Waals surface area contributed by atoms with Crippen LogP contribution in [0.15, 0.2) is 255 Å². The highest BCUT2D eigenvalue weighted by Gasteiger charge is 2.35. The maximum atomic E-state index is 2.48. The zero-order chi connectivity index (χ0) is 47.2. The first-order valence-corrected chi connectivity index (χ1v) is 24.9. The van der Waals surface area contributed by atoms with Crippen LogP contribution in [0, 0.1) is 0 Å². The molecule has 0 N–H and O–H groups in total. The average Bonchev–Trinajstić information content (AvgIpc) is 3.66. The van der Waals surface area contributed by atoms with Crippen LogP contribution in [0.3, 0.4) is 0 Å². The molecule has 332 valence electrons. The third-order valence-electron chi connectivity index (χ3n) is 15.6. The fourth-order valence-corrected chi connectivity index (χ4v) is 12.0. The second-order valence-electron chi connectivity index (χ2n) is 20.0. The van der Waals surface area contributed by atoms with Crippen LogP contribution in [-0.2, 0) is 5.41 Å². The molecule has 13 aromatic carbocycles. The minimum Gasteiger partial charge on any atom is -0.0622 e. The van der Waals surface area contributed by atoms with Gasteiger partial charge in [0.2, 0.25) is 0 Å². The Bertz CT molecular complexity index is 4280. The minimum atomic E-state index is -0.0469. The number of hydrogen-bond donors (Lipinski definition) is 0. The van der Waals surface area contributed by atoms with Crippen LogP contribution in [0.2, 0.25) is 0 Å². The summed E-state index contributed by atoms with van der Waals surface area (Å²) in [5, 5.41) is 12.3. The lowest BCUT2D eigenvalue weighted by atomic mass is 9.81. The van der Waals surface area contributed by atoms with Crippen LogP contribution < -0.4 is 0 Å². The Morgan fingerprint density at radius 3 is 1.21 bits per heavy atom. The Kier molecular flexibility index (Phi) is 9.35. The van der Waals surface area contributed by atoms with Crippen molar-refractivity contribution in [2.45, 2.75) is 19.3 Å². The molecular weight excluding hydrogens is 853 g/mol. The summed E-state index contributed by atoms with van der Waals surface area (Å²) in [7, 11) is 0. The van der Waals surface area contributed by atoms with Crippen molar-refractivity contribution >= 4 is 53.9 Å². The first-order valence-electron chi connectivity index (χ1n) is 24.9. The summed E-state index contributed by atoms with van der Waals surface area (Å²) in [4.78, 5) is 0. The van der Waals surface area contributed by atoms with E-state index in [1.165, 1.54) is 143 Å². The molecule has 0 atom stereocenters. The van der Waals surface area contributed by atoms with E-state index in [0.29, 0.717) is 0 Å². The van der Waals surface area contributed by atoms with Crippen LogP contribution >= 0.6 is 0 Å². The lowest BCUT2D eigenvalue weighted by Crippen LogP contribution is -2.14. The van der Waals surface area contributed by atoms with E-state index >= 15 is 0 Å². The average molecular weight is 901 g/mol. The normalized spacial score (nSPS) is 12.8. The van der Waals surface area contributed by atoms with Gasteiger partial charge in [0.1, 0.15) is 0 Å². The minimum absolute atomic E-state index is 0.0469. The van der Waals surface area contributed by atoms with Gasteiger partial charge >= 0.3 is 0 Å². The van der Waals surface area contributed by atoms with E-state index in [-0.39, 0.29) is 5.41 Å². The maximum absolute atomic E-state index is 2.48. The van der Waals surface area contributed by atoms with Crippen LogP contribution in [0.5, 0.6) is 0 Å². The van der Waals surface area contributed by atoms with Crippen molar-refractivity contribution in [2.24, 2.45) is 0 Å². The second kappa shape index (κ2) is 16.1. The molecular formula is C71H48. The molecule has 13 aromatic rings. The summed E-state index contributed by atoms with van der Waals surface area (Å²) >= 11 is 0. The third kappa shape index (κ3) is 6.74. The van der Waals surface area contributed by atoms with Crippen LogP contribution in [0.25, 0.3) is 132 Å². The Labute approximate surface area is 414 Å². The summed E-state index contributed by atoms with van der Waals surface area (Å²) in [5.41, 5.74) is 20.1. The first-order chi connectivity index (χ1) is 34.9. The van der Waals surface area contributed by atoms with Gasteiger partial charge in [-0.3, -0.25) is 0 Å². The molecule has 0 heteroatoms. The summed E-state index contributed by atoms with van der Waals surface area (Å²) in [5.74, 6) is 0. The highest BCUT2D eigenvalue weighted by atomic mass is 14.4. The van der Waals surface area contributed by atoms with Crippen molar-refractivity contribution in [1.82, 2.24) is 0 Å². The van der Waals surface area contributed by atoms with E-state index in [0.717, 1.165) is 0 Å². The molecule has 0 unspecified atom stereocenters. The molecule has 14 rings (SSSR count). The van der Waals surface area contributed by atoms with Crippen molar-refractivity contribution in [3.05, 3.63) is 266 Å². The summed E-state index contributed by atoms with van der Waals surface area (Å²) < 4.78 is 0. The highest BCUT2D eigenvalue weighted by molar-refractivity contribution is 6.23. The van der Waals surface area contributed by atoms with Crippen molar-refractivity contribution in [3.8, 4) is 77.9 Å². The molecule has 0 amide bonds. The van der Waals surface area contributed by atoms with E-state index in [1.807, 2.05) is 0 Å². The van der Waals surface area contributed by atoms with Gasteiger partial charge in [-0.1, -0.05) is 226 Å². The van der Waals surface area contributed by atoms with Crippen molar-refractivity contribution in [1.29, 1.82) is 0 Å². The van der Waals surface area contributed by atoms with Gasteiger partial charge in [-0.2, -0.15) is 0 Å². The summed E-state index contributed by atoms with van der Waals surface area (Å²) in [6, 6.07) is 95.5. The van der Waals surface area contributed by atoms with E-state index in [4.69, 9.17) is 0 Å². The van der Waals surface area contributed by atoms with Crippen LogP contribution in [0.1, 0.15) is 25.0 Å². The lowest BCUT2D eigenvalue weighted by Gasteiger charge is -2.22. The molecule has 0 saturated heterocycles. The largest absolute Gasteiger partial charge is 0.0622 e. The Morgan fingerprint density at radius 2 is 0.620 bits per heavy atom. The van der Waals surface area contributed by atoms with Gasteiger partial charge in [0.25, 0.3) is 0 Å². The molecule has 71 heavy (non-hydrogen) atoms. The predicted octanol–water partition coefficient (Wildman–Crippen LogP) is 19.8. The second-order valence-corrected chi connectivity index (χ2v) is 20.0. The van der Waals surface area contributed by atoms with Crippen LogP contribution in [0.4, 0.5) is 0 Å². The van der Waals surface area contributed by atoms with Crippen LogP contribution in [-0.4, -0.2) is 0 Å². The maximum Gasteiger partial charge on any atom is 0.0159 e. The van der Waals surface area contributed by atoms with Gasteiger partial charge < -0.3 is 0 Å². The molecule has 0 heterocycles. The molecule has 0 bridgehead atoms. The molecule has 0 radical (unpaired) electrons. The van der Waals surface area contributed by atoms with E-state index in [1.54, 1.807) is 0 Å². The number of fused-ring (bicyclic) bond motifs is 9. The van der Waals surface area contributed by atoms with Gasteiger partial charge in [-0.25, -0.2) is 0 Å². The molecule has 0 spiro atoms. The molecule has 0 saturated carbocycles. The van der Waals surface area contributed by atoms with E-state index < -0.39 is 0 Å². The topological polar surface area (TPSA) is 0 Å². The molecule has 0 aliphatic heterocycles. The summed E-state index contributed by atoms with van der Waals surface area (Å²) in [6.45, 7) is 4.72. The first kappa shape index (κ1) is 41.2. The van der Waals surface area contributed by atoms with Crippen molar-refractivity contribution in [3.63, 3.8) is 0 Å². The van der Waals surface area contributed by atoms with E-state index in [9.17, 15) is 0 Å². The molecule has 0 fully saturated rings. The van der Waals surface area contributed by atoms with Crippen molar-refractivity contribution in [2.75, 3.05) is 0 Å². The molecule has 1 aliphatic carbocycles. The predicted molar refractivity (Wildman–Crippen MR) is 304 cm³/mol. The van der Waals surface area contributed by atoms with Gasteiger partial charge in [-0.15, -0.1) is 0 Å².